The third-order valence-electron chi connectivity index (χ3n) is 3.78. The fourth-order valence-electron chi connectivity index (χ4n) is 2.63. The van der Waals surface area contributed by atoms with Crippen LogP contribution in [0.15, 0.2) is 12.3 Å². The molecule has 8 heteroatoms. The largest absolute Gasteiger partial charge is 0.480 e. The molecule has 1 fully saturated rings. The number of nitrogens with zero attached hydrogens (tertiary/aromatic N) is 2. The predicted octanol–water partition coefficient (Wildman–Crippen LogP) is 2.82. The van der Waals surface area contributed by atoms with E-state index in [1.807, 2.05) is 20.8 Å². The average molecular weight is 461 g/mol. The monoisotopic (exact) mass is 461 g/mol. The van der Waals surface area contributed by atoms with Gasteiger partial charge < -0.3 is 19.7 Å². The Kier molecular flexibility index (Phi) is 6.47. The molecule has 0 aliphatic carbocycles. The first kappa shape index (κ1) is 19.7. The molecule has 1 aliphatic heterocycles. The zero-order chi connectivity index (χ0) is 18.6. The maximum Gasteiger partial charge on any atom is 0.407 e. The molecule has 0 aromatic carbocycles. The van der Waals surface area contributed by atoms with Gasteiger partial charge >= 0.3 is 6.09 Å². The number of likely N-dealkylation sites (tertiary alicyclic amines) is 1. The highest BCUT2D eigenvalue weighted by molar-refractivity contribution is 14.1. The highest BCUT2D eigenvalue weighted by atomic mass is 127. The van der Waals surface area contributed by atoms with E-state index in [2.05, 4.69) is 32.9 Å². The first-order valence-corrected chi connectivity index (χ1v) is 9.26. The van der Waals surface area contributed by atoms with Crippen molar-refractivity contribution >= 4 is 34.6 Å². The van der Waals surface area contributed by atoms with Gasteiger partial charge in [0.25, 0.3) is 5.91 Å². The van der Waals surface area contributed by atoms with E-state index in [0.717, 1.165) is 3.57 Å². The van der Waals surface area contributed by atoms with E-state index in [1.165, 1.54) is 7.11 Å². The molecule has 138 valence electrons. The van der Waals surface area contributed by atoms with Gasteiger partial charge in [-0.25, -0.2) is 9.78 Å². The van der Waals surface area contributed by atoms with Gasteiger partial charge in [0.1, 0.15) is 11.2 Å². The summed E-state index contributed by atoms with van der Waals surface area (Å²) in [6, 6.07) is 1.79. The van der Waals surface area contributed by atoms with Crippen molar-refractivity contribution in [1.29, 1.82) is 0 Å². The van der Waals surface area contributed by atoms with Crippen molar-refractivity contribution in [2.45, 2.75) is 45.3 Å². The number of rotatable bonds is 3. The van der Waals surface area contributed by atoms with Gasteiger partial charge in [0.05, 0.1) is 7.11 Å². The lowest BCUT2D eigenvalue weighted by molar-refractivity contribution is 0.0473. The molecule has 0 saturated carbocycles. The fraction of sp³-hybridized carbons (Fsp3) is 0.588. The smallest absolute Gasteiger partial charge is 0.407 e. The molecule has 2 rings (SSSR count). The van der Waals surface area contributed by atoms with Crippen molar-refractivity contribution in [3.8, 4) is 5.88 Å². The minimum absolute atomic E-state index is 0.00812. The van der Waals surface area contributed by atoms with E-state index >= 15 is 0 Å². The average Bonchev–Trinajstić information content (AvgIpc) is 2.52. The highest BCUT2D eigenvalue weighted by Crippen LogP contribution is 2.24. The quantitative estimate of drug-likeness (QED) is 0.701. The van der Waals surface area contributed by atoms with Crippen molar-refractivity contribution in [2.24, 2.45) is 0 Å². The number of amides is 2. The summed E-state index contributed by atoms with van der Waals surface area (Å²) in [4.78, 5) is 30.5. The summed E-state index contributed by atoms with van der Waals surface area (Å²) in [6.45, 7) is 6.62. The molecule has 0 spiro atoms. The Morgan fingerprint density at radius 2 is 1.96 bits per heavy atom. The van der Waals surface area contributed by atoms with Crippen LogP contribution in [0, 0.1) is 3.57 Å². The lowest BCUT2D eigenvalue weighted by atomic mass is 10.0. The van der Waals surface area contributed by atoms with E-state index < -0.39 is 11.7 Å². The molecular formula is C17H24IN3O4. The van der Waals surface area contributed by atoms with E-state index in [-0.39, 0.29) is 11.9 Å². The Morgan fingerprint density at radius 1 is 1.32 bits per heavy atom. The Bertz CT molecular complexity index is 637. The van der Waals surface area contributed by atoms with Crippen LogP contribution >= 0.6 is 22.6 Å². The van der Waals surface area contributed by atoms with Crippen molar-refractivity contribution in [1.82, 2.24) is 15.2 Å². The van der Waals surface area contributed by atoms with Crippen molar-refractivity contribution in [2.75, 3.05) is 20.2 Å². The third-order valence-corrected chi connectivity index (χ3v) is 4.67. The molecule has 25 heavy (non-hydrogen) atoms. The van der Waals surface area contributed by atoms with Crippen molar-refractivity contribution in [3.05, 3.63) is 21.4 Å². The number of hydrogen-bond acceptors (Lipinski definition) is 5. The SMILES string of the molecule is COc1nccc(I)c1C(=O)N1CCC(NC(=O)OC(C)(C)C)CC1. The molecule has 1 aliphatic rings. The second-order valence-corrected chi connectivity index (χ2v) is 8.05. The van der Waals surface area contributed by atoms with Gasteiger partial charge in [-0.15, -0.1) is 0 Å². The van der Waals surface area contributed by atoms with Crippen molar-refractivity contribution in [3.63, 3.8) is 0 Å². The summed E-state index contributed by atoms with van der Waals surface area (Å²) < 4.78 is 11.3. The molecule has 0 radical (unpaired) electrons. The van der Waals surface area contributed by atoms with Crippen LogP contribution in [0.5, 0.6) is 5.88 Å². The fourth-order valence-corrected chi connectivity index (χ4v) is 3.25. The van der Waals surface area contributed by atoms with Gasteiger partial charge in [0.2, 0.25) is 5.88 Å². The number of aromatic nitrogens is 1. The minimum atomic E-state index is -0.520. The standard InChI is InChI=1S/C17H24IN3O4/c1-17(2,3)25-16(23)20-11-6-9-21(10-7-11)15(22)13-12(18)5-8-19-14(13)24-4/h5,8,11H,6-7,9-10H2,1-4H3,(H,20,23). The van der Waals surface area contributed by atoms with E-state index in [9.17, 15) is 9.59 Å². The predicted molar refractivity (Wildman–Crippen MR) is 102 cm³/mol. The molecule has 1 saturated heterocycles. The number of piperidine rings is 1. The second-order valence-electron chi connectivity index (χ2n) is 6.89. The first-order chi connectivity index (χ1) is 11.7. The van der Waals surface area contributed by atoms with Crippen LogP contribution in [0.2, 0.25) is 0 Å². The number of carbonyl (C=O) groups is 2. The van der Waals surface area contributed by atoms with Crippen LogP contribution in [0.4, 0.5) is 4.79 Å². The van der Waals surface area contributed by atoms with Gasteiger partial charge in [-0.1, -0.05) is 0 Å². The van der Waals surface area contributed by atoms with E-state index in [1.54, 1.807) is 17.2 Å². The Labute approximate surface area is 161 Å². The topological polar surface area (TPSA) is 80.8 Å². The second kappa shape index (κ2) is 8.20. The minimum Gasteiger partial charge on any atom is -0.480 e. The molecule has 7 nitrogen and oxygen atoms in total. The van der Waals surface area contributed by atoms with Crippen LogP contribution in [-0.4, -0.2) is 53.7 Å². The number of halogens is 1. The van der Waals surface area contributed by atoms with Crippen molar-refractivity contribution < 1.29 is 19.1 Å². The van der Waals surface area contributed by atoms with Crippen LogP contribution < -0.4 is 10.1 Å². The molecule has 0 bridgehead atoms. The number of nitrogens with one attached hydrogen (secondary N) is 1. The number of pyridine rings is 1. The Hall–Kier alpha value is -1.58. The normalized spacial score (nSPS) is 15.6. The van der Waals surface area contributed by atoms with Crippen LogP contribution in [0.25, 0.3) is 0 Å². The maximum atomic E-state index is 12.8. The summed E-state index contributed by atoms with van der Waals surface area (Å²) in [6.07, 6.45) is 2.57. The van der Waals surface area contributed by atoms with Crippen LogP contribution in [-0.2, 0) is 4.74 Å². The highest BCUT2D eigenvalue weighted by Gasteiger charge is 2.29. The summed E-state index contributed by atoms with van der Waals surface area (Å²) in [5.74, 6) is 0.246. The van der Waals surface area contributed by atoms with Crippen LogP contribution in [0.3, 0.4) is 0 Å². The molecule has 2 amide bonds. The van der Waals surface area contributed by atoms with Gasteiger partial charge in [-0.3, -0.25) is 4.79 Å². The summed E-state index contributed by atoms with van der Waals surface area (Å²) in [5.41, 5.74) is -0.0296. The van der Waals surface area contributed by atoms with Gasteiger partial charge in [-0.2, -0.15) is 0 Å². The molecular weight excluding hydrogens is 437 g/mol. The van der Waals surface area contributed by atoms with E-state index in [4.69, 9.17) is 9.47 Å². The molecule has 1 aromatic rings. The molecule has 0 unspecified atom stereocenters. The van der Waals surface area contributed by atoms with Gasteiger partial charge in [0.15, 0.2) is 0 Å². The number of hydrogen-bond donors (Lipinski definition) is 1. The summed E-state index contributed by atoms with van der Waals surface area (Å²) in [5, 5.41) is 2.87. The van der Waals surface area contributed by atoms with Gasteiger partial charge in [-0.05, 0) is 62.3 Å². The molecule has 2 heterocycles. The molecule has 1 aromatic heterocycles. The van der Waals surface area contributed by atoms with Crippen LogP contribution in [0.1, 0.15) is 44.0 Å². The summed E-state index contributed by atoms with van der Waals surface area (Å²) >= 11 is 2.11. The lowest BCUT2D eigenvalue weighted by Crippen LogP contribution is -2.47. The molecule has 1 N–H and O–H groups in total. The van der Waals surface area contributed by atoms with Gasteiger partial charge in [0, 0.05) is 28.9 Å². The Balaban J connectivity index is 1.94. The number of methoxy groups -OCH3 is 1. The zero-order valence-electron chi connectivity index (χ0n) is 15.0. The van der Waals surface area contributed by atoms with E-state index in [0.29, 0.717) is 37.4 Å². The number of carbonyl (C=O) groups excluding carboxylic acids is 2. The zero-order valence-corrected chi connectivity index (χ0v) is 17.1. The third kappa shape index (κ3) is 5.45. The number of ether oxygens (including phenoxy) is 2. The lowest BCUT2D eigenvalue weighted by Gasteiger charge is -2.33. The molecule has 0 atom stereocenters. The maximum absolute atomic E-state index is 12.8. The summed E-state index contributed by atoms with van der Waals surface area (Å²) in [7, 11) is 1.51. The first-order valence-electron chi connectivity index (χ1n) is 8.18. The number of alkyl carbamates (subject to hydrolysis) is 1. The Morgan fingerprint density at radius 3 is 2.52 bits per heavy atom.